The molecular weight excluding hydrogens is 202 g/mol. The van der Waals surface area contributed by atoms with Crippen LogP contribution in [0.5, 0.6) is 0 Å². The SMILES string of the molecule is CCc1c(Nc2cccc(C)c2)c(=O)c1=O. The first-order valence-electron chi connectivity index (χ1n) is 5.29. The lowest BCUT2D eigenvalue weighted by Gasteiger charge is -2.12. The first-order valence-corrected chi connectivity index (χ1v) is 5.29. The van der Waals surface area contributed by atoms with Gasteiger partial charge < -0.3 is 5.32 Å². The molecule has 0 spiro atoms. The number of hydrogen-bond donors (Lipinski definition) is 1. The summed E-state index contributed by atoms with van der Waals surface area (Å²) in [7, 11) is 0. The molecule has 0 unspecified atom stereocenters. The minimum absolute atomic E-state index is 0.349. The largest absolute Gasteiger partial charge is 0.352 e. The maximum absolute atomic E-state index is 11.4. The molecule has 2 aromatic carbocycles. The molecule has 0 amide bonds. The minimum Gasteiger partial charge on any atom is -0.352 e. The van der Waals surface area contributed by atoms with Gasteiger partial charge in [0.2, 0.25) is 10.9 Å². The third-order valence-corrected chi connectivity index (χ3v) is 2.65. The monoisotopic (exact) mass is 215 g/mol. The van der Waals surface area contributed by atoms with E-state index in [1.54, 1.807) is 0 Å². The normalized spacial score (nSPS) is 10.6. The summed E-state index contributed by atoms with van der Waals surface area (Å²) in [6.45, 7) is 3.85. The Labute approximate surface area is 93.4 Å². The van der Waals surface area contributed by atoms with Crippen molar-refractivity contribution < 1.29 is 0 Å². The van der Waals surface area contributed by atoms with Gasteiger partial charge in [0, 0.05) is 11.3 Å². The summed E-state index contributed by atoms with van der Waals surface area (Å²) in [6, 6.07) is 7.71. The van der Waals surface area contributed by atoms with E-state index in [1.807, 2.05) is 38.1 Å². The van der Waals surface area contributed by atoms with Crippen molar-refractivity contribution in [2.75, 3.05) is 5.32 Å². The summed E-state index contributed by atoms with van der Waals surface area (Å²) in [5.74, 6) is 0. The molecule has 0 aliphatic rings. The van der Waals surface area contributed by atoms with E-state index in [0.29, 0.717) is 17.7 Å². The second-order valence-corrected chi connectivity index (χ2v) is 3.86. The molecule has 16 heavy (non-hydrogen) atoms. The van der Waals surface area contributed by atoms with Gasteiger partial charge in [-0.15, -0.1) is 0 Å². The van der Waals surface area contributed by atoms with Crippen LogP contribution in [0.25, 0.3) is 0 Å². The zero-order chi connectivity index (χ0) is 11.7. The van der Waals surface area contributed by atoms with Crippen LogP contribution < -0.4 is 16.2 Å². The summed E-state index contributed by atoms with van der Waals surface area (Å²) in [5.41, 5.74) is 2.27. The van der Waals surface area contributed by atoms with Gasteiger partial charge in [0.25, 0.3) is 0 Å². The Kier molecular flexibility index (Phi) is 2.60. The van der Waals surface area contributed by atoms with E-state index in [9.17, 15) is 9.59 Å². The molecule has 2 rings (SSSR count). The molecule has 2 aromatic rings. The average molecular weight is 215 g/mol. The van der Waals surface area contributed by atoms with Crippen molar-refractivity contribution in [3.63, 3.8) is 0 Å². The fourth-order valence-electron chi connectivity index (χ4n) is 1.78. The molecule has 0 aliphatic heterocycles. The number of aryl methyl sites for hydroxylation is 1. The number of benzene rings is 1. The maximum atomic E-state index is 11.4. The van der Waals surface area contributed by atoms with Crippen LogP contribution in [0.4, 0.5) is 11.4 Å². The number of anilines is 2. The van der Waals surface area contributed by atoms with Gasteiger partial charge in [-0.25, -0.2) is 0 Å². The molecule has 0 radical (unpaired) electrons. The van der Waals surface area contributed by atoms with E-state index in [2.05, 4.69) is 5.32 Å². The topological polar surface area (TPSA) is 46.2 Å². The van der Waals surface area contributed by atoms with E-state index >= 15 is 0 Å². The molecule has 0 aliphatic carbocycles. The summed E-state index contributed by atoms with van der Waals surface area (Å²) in [5, 5.41) is 3.01. The van der Waals surface area contributed by atoms with Gasteiger partial charge in [-0.1, -0.05) is 19.1 Å². The second kappa shape index (κ2) is 3.93. The van der Waals surface area contributed by atoms with E-state index in [4.69, 9.17) is 0 Å². The van der Waals surface area contributed by atoms with Crippen molar-refractivity contribution in [3.05, 3.63) is 55.8 Å². The van der Waals surface area contributed by atoms with Gasteiger partial charge in [-0.05, 0) is 31.0 Å². The Hall–Kier alpha value is -1.90. The van der Waals surface area contributed by atoms with Gasteiger partial charge in [-0.3, -0.25) is 9.59 Å². The first kappa shape index (κ1) is 10.6. The molecule has 3 nitrogen and oxygen atoms in total. The standard InChI is InChI=1S/C13H13NO2/c1-3-10-11(13(16)12(10)15)14-9-6-4-5-8(2)7-9/h4-7,14H,3H2,1-2H3. The van der Waals surface area contributed by atoms with Crippen LogP contribution in [0, 0.1) is 6.92 Å². The lowest BCUT2D eigenvalue weighted by molar-refractivity contribution is 1.08. The molecule has 0 aromatic heterocycles. The predicted octanol–water partition coefficient (Wildman–Crippen LogP) is 1.90. The molecule has 0 bridgehead atoms. The van der Waals surface area contributed by atoms with E-state index in [-0.39, 0.29) is 5.43 Å². The Balaban J connectivity index is 2.32. The first-order chi connectivity index (χ1) is 7.63. The van der Waals surface area contributed by atoms with Gasteiger partial charge in [0.15, 0.2) is 0 Å². The molecule has 0 fully saturated rings. The van der Waals surface area contributed by atoms with Crippen molar-refractivity contribution in [2.24, 2.45) is 0 Å². The van der Waals surface area contributed by atoms with Gasteiger partial charge >= 0.3 is 0 Å². The van der Waals surface area contributed by atoms with Crippen LogP contribution >= 0.6 is 0 Å². The highest BCUT2D eigenvalue weighted by Crippen LogP contribution is 2.17. The van der Waals surface area contributed by atoms with Gasteiger partial charge in [-0.2, -0.15) is 0 Å². The Morgan fingerprint density at radius 1 is 1.19 bits per heavy atom. The molecule has 82 valence electrons. The molecule has 0 saturated carbocycles. The highest BCUT2D eigenvalue weighted by molar-refractivity contribution is 5.66. The second-order valence-electron chi connectivity index (χ2n) is 3.86. The molecule has 3 heteroatoms. The highest BCUT2D eigenvalue weighted by Gasteiger charge is 2.18. The highest BCUT2D eigenvalue weighted by atomic mass is 16.2. The quantitative estimate of drug-likeness (QED) is 0.795. The van der Waals surface area contributed by atoms with Crippen LogP contribution in [0.15, 0.2) is 33.9 Å². The zero-order valence-electron chi connectivity index (χ0n) is 9.33. The molecule has 1 N–H and O–H groups in total. The van der Waals surface area contributed by atoms with Crippen molar-refractivity contribution in [2.45, 2.75) is 20.3 Å². The third kappa shape index (κ3) is 1.65. The van der Waals surface area contributed by atoms with Crippen molar-refractivity contribution in [1.82, 2.24) is 0 Å². The Morgan fingerprint density at radius 2 is 1.94 bits per heavy atom. The van der Waals surface area contributed by atoms with Gasteiger partial charge in [0.05, 0.1) is 5.69 Å². The Morgan fingerprint density at radius 3 is 2.56 bits per heavy atom. The van der Waals surface area contributed by atoms with Crippen molar-refractivity contribution in [1.29, 1.82) is 0 Å². The van der Waals surface area contributed by atoms with E-state index < -0.39 is 5.43 Å². The predicted molar refractivity (Wildman–Crippen MR) is 65.2 cm³/mol. The maximum Gasteiger partial charge on any atom is 0.249 e. The van der Waals surface area contributed by atoms with E-state index in [1.165, 1.54) is 0 Å². The number of rotatable bonds is 3. The smallest absolute Gasteiger partial charge is 0.249 e. The Bertz CT molecular complexity index is 592. The molecule has 0 atom stereocenters. The van der Waals surface area contributed by atoms with Crippen LogP contribution in [0.3, 0.4) is 0 Å². The van der Waals surface area contributed by atoms with Crippen LogP contribution in [-0.2, 0) is 6.42 Å². The summed E-state index contributed by atoms with van der Waals surface area (Å²) < 4.78 is 0. The fourth-order valence-corrected chi connectivity index (χ4v) is 1.78. The van der Waals surface area contributed by atoms with Crippen molar-refractivity contribution >= 4 is 11.4 Å². The fraction of sp³-hybridized carbons (Fsp3) is 0.231. The molecule has 0 heterocycles. The van der Waals surface area contributed by atoms with Crippen LogP contribution in [0.1, 0.15) is 18.1 Å². The third-order valence-electron chi connectivity index (χ3n) is 2.65. The summed E-state index contributed by atoms with van der Waals surface area (Å²) in [4.78, 5) is 22.6. The lowest BCUT2D eigenvalue weighted by atomic mass is 10.0. The summed E-state index contributed by atoms with van der Waals surface area (Å²) in [6.07, 6.45) is 0.596. The minimum atomic E-state index is -0.404. The summed E-state index contributed by atoms with van der Waals surface area (Å²) >= 11 is 0. The van der Waals surface area contributed by atoms with Gasteiger partial charge in [0.1, 0.15) is 0 Å². The lowest BCUT2D eigenvalue weighted by Crippen LogP contribution is -2.37. The molecule has 0 saturated heterocycles. The van der Waals surface area contributed by atoms with Crippen LogP contribution in [-0.4, -0.2) is 0 Å². The van der Waals surface area contributed by atoms with Crippen molar-refractivity contribution in [3.8, 4) is 0 Å². The number of nitrogens with one attached hydrogen (secondary N) is 1. The van der Waals surface area contributed by atoms with E-state index in [0.717, 1.165) is 11.3 Å². The van der Waals surface area contributed by atoms with Crippen LogP contribution in [0.2, 0.25) is 0 Å². The number of hydrogen-bond acceptors (Lipinski definition) is 3. The molecular formula is C13H13NO2. The average Bonchev–Trinajstić information content (AvgIpc) is 2.28. The zero-order valence-corrected chi connectivity index (χ0v) is 9.33.